The van der Waals surface area contributed by atoms with Gasteiger partial charge in [0, 0.05) is 21.0 Å². The Bertz CT molecular complexity index is 959. The normalized spacial score (nSPS) is 15.0. The van der Waals surface area contributed by atoms with Crippen LogP contribution in [0.25, 0.3) is 10.1 Å². The highest BCUT2D eigenvalue weighted by Gasteiger charge is 2.39. The van der Waals surface area contributed by atoms with E-state index in [1.54, 1.807) is 25.2 Å². The maximum absolute atomic E-state index is 12.9. The molecule has 5 nitrogen and oxygen atoms in total. The number of benzene rings is 1. The SMILES string of the molecule is CCOC(=O)C1=C(C)NC(C)=C(C(=O)OCC)C1c1sc2ccccc2c1C. The molecule has 1 N–H and O–H groups in total. The maximum atomic E-state index is 12.9. The Morgan fingerprint density at radius 1 is 0.964 bits per heavy atom. The second-order valence-electron chi connectivity index (χ2n) is 6.66. The van der Waals surface area contributed by atoms with Gasteiger partial charge in [-0.3, -0.25) is 0 Å². The Balaban J connectivity index is 2.26. The predicted octanol–water partition coefficient (Wildman–Crippen LogP) is 4.57. The molecule has 0 amide bonds. The fourth-order valence-electron chi connectivity index (χ4n) is 3.68. The van der Waals surface area contributed by atoms with E-state index in [4.69, 9.17) is 9.47 Å². The van der Waals surface area contributed by atoms with Crippen LogP contribution >= 0.6 is 11.3 Å². The summed E-state index contributed by atoms with van der Waals surface area (Å²) in [5.41, 5.74) is 3.39. The molecule has 3 rings (SSSR count). The van der Waals surface area contributed by atoms with E-state index in [1.807, 2.05) is 32.9 Å². The predicted molar refractivity (Wildman–Crippen MR) is 111 cm³/mol. The number of thiophene rings is 1. The average molecular weight is 400 g/mol. The minimum Gasteiger partial charge on any atom is -0.463 e. The molecule has 0 spiro atoms. The quantitative estimate of drug-likeness (QED) is 0.746. The van der Waals surface area contributed by atoms with Crippen LogP contribution in [-0.2, 0) is 19.1 Å². The van der Waals surface area contributed by atoms with Crippen LogP contribution in [0.2, 0.25) is 0 Å². The van der Waals surface area contributed by atoms with E-state index in [0.29, 0.717) is 22.5 Å². The molecule has 0 fully saturated rings. The topological polar surface area (TPSA) is 64.6 Å². The van der Waals surface area contributed by atoms with Gasteiger partial charge >= 0.3 is 11.9 Å². The van der Waals surface area contributed by atoms with Gasteiger partial charge in [-0.05, 0) is 51.6 Å². The van der Waals surface area contributed by atoms with Crippen molar-refractivity contribution in [1.82, 2.24) is 5.32 Å². The number of aryl methyl sites for hydroxylation is 1. The van der Waals surface area contributed by atoms with Crippen LogP contribution in [0.4, 0.5) is 0 Å². The Hall–Kier alpha value is -2.60. The van der Waals surface area contributed by atoms with Gasteiger partial charge in [-0.15, -0.1) is 11.3 Å². The van der Waals surface area contributed by atoms with Crippen molar-refractivity contribution in [2.75, 3.05) is 13.2 Å². The summed E-state index contributed by atoms with van der Waals surface area (Å²) >= 11 is 1.60. The van der Waals surface area contributed by atoms with Crippen LogP contribution in [0.15, 0.2) is 46.8 Å². The number of hydrogen-bond acceptors (Lipinski definition) is 6. The van der Waals surface area contributed by atoms with Gasteiger partial charge in [0.25, 0.3) is 0 Å². The highest BCUT2D eigenvalue weighted by Crippen LogP contribution is 2.45. The molecule has 28 heavy (non-hydrogen) atoms. The Morgan fingerprint density at radius 3 is 2.00 bits per heavy atom. The largest absolute Gasteiger partial charge is 0.463 e. The zero-order valence-corrected chi connectivity index (χ0v) is 17.7. The molecule has 0 saturated carbocycles. The standard InChI is InChI=1S/C22H25NO4S/c1-6-26-21(24)17-13(4)23-14(5)18(22(25)27-7-2)19(17)20-12(3)15-10-8-9-11-16(15)28-20/h8-11,19,23H,6-7H2,1-5H3. The molecule has 0 radical (unpaired) electrons. The Morgan fingerprint density at radius 2 is 1.50 bits per heavy atom. The number of nitrogens with one attached hydrogen (secondary N) is 1. The Labute approximate surface area is 169 Å². The number of dihydropyridines is 1. The first-order valence-electron chi connectivity index (χ1n) is 9.41. The van der Waals surface area contributed by atoms with Crippen LogP contribution in [0, 0.1) is 6.92 Å². The molecular weight excluding hydrogens is 374 g/mol. The Kier molecular flexibility index (Phi) is 5.89. The van der Waals surface area contributed by atoms with Crippen molar-refractivity contribution in [1.29, 1.82) is 0 Å². The van der Waals surface area contributed by atoms with Gasteiger partial charge in [0.2, 0.25) is 0 Å². The van der Waals surface area contributed by atoms with Crippen LogP contribution < -0.4 is 5.32 Å². The molecule has 1 aliphatic heterocycles. The summed E-state index contributed by atoms with van der Waals surface area (Å²) in [5, 5.41) is 4.30. The lowest BCUT2D eigenvalue weighted by atomic mass is 9.83. The van der Waals surface area contributed by atoms with E-state index in [1.165, 1.54) is 0 Å². The minimum atomic E-state index is -0.517. The van der Waals surface area contributed by atoms with Gasteiger partial charge in [-0.2, -0.15) is 0 Å². The molecule has 0 atom stereocenters. The molecule has 1 aromatic heterocycles. The van der Waals surface area contributed by atoms with Gasteiger partial charge in [-0.1, -0.05) is 18.2 Å². The van der Waals surface area contributed by atoms with E-state index in [0.717, 1.165) is 20.5 Å². The molecule has 2 heterocycles. The fourth-order valence-corrected chi connectivity index (χ4v) is 5.01. The minimum absolute atomic E-state index is 0.269. The van der Waals surface area contributed by atoms with Crippen LogP contribution in [0.5, 0.6) is 0 Å². The molecule has 1 aromatic carbocycles. The lowest BCUT2D eigenvalue weighted by Gasteiger charge is -2.30. The van der Waals surface area contributed by atoms with Gasteiger partial charge in [0.15, 0.2) is 0 Å². The highest BCUT2D eigenvalue weighted by molar-refractivity contribution is 7.19. The lowest BCUT2D eigenvalue weighted by Crippen LogP contribution is -2.32. The average Bonchev–Trinajstić information content (AvgIpc) is 2.98. The van der Waals surface area contributed by atoms with Gasteiger partial charge in [-0.25, -0.2) is 9.59 Å². The highest BCUT2D eigenvalue weighted by atomic mass is 32.1. The number of carbonyl (C=O) groups is 2. The van der Waals surface area contributed by atoms with Crippen LogP contribution in [0.1, 0.15) is 44.1 Å². The third kappa shape index (κ3) is 3.44. The van der Waals surface area contributed by atoms with Crippen LogP contribution in [0.3, 0.4) is 0 Å². The number of ether oxygens (including phenoxy) is 2. The second-order valence-corrected chi connectivity index (χ2v) is 7.75. The van der Waals surface area contributed by atoms with Gasteiger partial charge in [0.1, 0.15) is 0 Å². The summed E-state index contributed by atoms with van der Waals surface area (Å²) in [5.74, 6) is -1.34. The van der Waals surface area contributed by atoms with Crippen molar-refractivity contribution in [3.8, 4) is 0 Å². The summed E-state index contributed by atoms with van der Waals surface area (Å²) in [6.07, 6.45) is 0. The number of hydrogen-bond donors (Lipinski definition) is 1. The fraction of sp³-hybridized carbons (Fsp3) is 0.364. The molecule has 2 aromatic rings. The zero-order chi connectivity index (χ0) is 20.4. The number of rotatable bonds is 5. The zero-order valence-electron chi connectivity index (χ0n) is 16.8. The van der Waals surface area contributed by atoms with Gasteiger partial charge < -0.3 is 14.8 Å². The summed E-state index contributed by atoms with van der Waals surface area (Å²) in [6, 6.07) is 8.10. The molecule has 0 aliphatic carbocycles. The number of carbonyl (C=O) groups excluding carboxylic acids is 2. The smallest absolute Gasteiger partial charge is 0.336 e. The monoisotopic (exact) mass is 399 g/mol. The van der Waals surface area contributed by atoms with Crippen molar-refractivity contribution < 1.29 is 19.1 Å². The van der Waals surface area contributed by atoms with Crippen molar-refractivity contribution in [3.63, 3.8) is 0 Å². The third-order valence-corrected chi connectivity index (χ3v) is 6.23. The van der Waals surface area contributed by atoms with Crippen molar-refractivity contribution in [2.24, 2.45) is 0 Å². The van der Waals surface area contributed by atoms with E-state index in [9.17, 15) is 9.59 Å². The second kappa shape index (κ2) is 8.19. The first-order valence-corrected chi connectivity index (χ1v) is 10.2. The number of esters is 2. The third-order valence-electron chi connectivity index (χ3n) is 4.89. The first kappa shape index (κ1) is 20.1. The van der Waals surface area contributed by atoms with Crippen molar-refractivity contribution in [2.45, 2.75) is 40.5 Å². The molecule has 6 heteroatoms. The summed E-state index contributed by atoms with van der Waals surface area (Å²) < 4.78 is 11.8. The first-order chi connectivity index (χ1) is 13.4. The summed E-state index contributed by atoms with van der Waals surface area (Å²) in [7, 11) is 0. The molecular formula is C22H25NO4S. The number of allylic oxidation sites excluding steroid dienone is 2. The number of fused-ring (bicyclic) bond motifs is 1. The van der Waals surface area contributed by atoms with E-state index >= 15 is 0 Å². The van der Waals surface area contributed by atoms with Crippen molar-refractivity contribution in [3.05, 3.63) is 57.2 Å². The van der Waals surface area contributed by atoms with E-state index in [2.05, 4.69) is 17.4 Å². The molecule has 0 unspecified atom stereocenters. The molecule has 0 saturated heterocycles. The van der Waals surface area contributed by atoms with Crippen molar-refractivity contribution >= 4 is 33.4 Å². The van der Waals surface area contributed by atoms with E-state index < -0.39 is 17.9 Å². The lowest BCUT2D eigenvalue weighted by molar-refractivity contribution is -0.139. The van der Waals surface area contributed by atoms with E-state index in [-0.39, 0.29) is 13.2 Å². The summed E-state index contributed by atoms with van der Waals surface area (Å²) in [6.45, 7) is 9.80. The molecule has 1 aliphatic rings. The molecule has 148 valence electrons. The molecule has 0 bridgehead atoms. The summed E-state index contributed by atoms with van der Waals surface area (Å²) in [4.78, 5) is 26.7. The van der Waals surface area contributed by atoms with Crippen LogP contribution in [-0.4, -0.2) is 25.2 Å². The maximum Gasteiger partial charge on any atom is 0.336 e. The van der Waals surface area contributed by atoms with Gasteiger partial charge in [0.05, 0.1) is 30.3 Å².